The number of H-pyrrole nitrogens is 1. The van der Waals surface area contributed by atoms with E-state index in [1.54, 1.807) is 6.92 Å². The first kappa shape index (κ1) is 19.4. The first-order valence-electron chi connectivity index (χ1n) is 9.71. The van der Waals surface area contributed by atoms with Gasteiger partial charge in [-0.25, -0.2) is 9.78 Å². The number of hydrogen-bond acceptors (Lipinski definition) is 7. The zero-order chi connectivity index (χ0) is 19.7. The van der Waals surface area contributed by atoms with E-state index >= 15 is 0 Å². The number of carbonyl (C=O) groups excluding carboxylic acids is 2. The molecule has 1 amide bonds. The summed E-state index contributed by atoms with van der Waals surface area (Å²) in [6.07, 6.45) is 5.15. The maximum absolute atomic E-state index is 12.5. The van der Waals surface area contributed by atoms with Crippen LogP contribution in [0.2, 0.25) is 0 Å². The molecule has 1 fully saturated rings. The SMILES string of the molecule is CCOC(=O)c1c(NC(=O)CSc2n[nH]c(C3CC3)n2)sc2c1CCC(C)C2. The molecular weight excluding hydrogens is 396 g/mol. The van der Waals surface area contributed by atoms with Crippen LogP contribution in [0.25, 0.3) is 0 Å². The van der Waals surface area contributed by atoms with Gasteiger partial charge in [0.2, 0.25) is 11.1 Å². The fourth-order valence-corrected chi connectivity index (χ4v) is 5.43. The van der Waals surface area contributed by atoms with Crippen molar-refractivity contribution >= 4 is 40.0 Å². The summed E-state index contributed by atoms with van der Waals surface area (Å²) < 4.78 is 5.25. The van der Waals surface area contributed by atoms with Gasteiger partial charge in [0.05, 0.1) is 17.9 Å². The summed E-state index contributed by atoms with van der Waals surface area (Å²) >= 11 is 2.80. The van der Waals surface area contributed by atoms with E-state index in [2.05, 4.69) is 27.4 Å². The third-order valence-corrected chi connectivity index (χ3v) is 7.04. The summed E-state index contributed by atoms with van der Waals surface area (Å²) in [7, 11) is 0. The number of esters is 1. The van der Waals surface area contributed by atoms with Crippen LogP contribution in [0.5, 0.6) is 0 Å². The lowest BCUT2D eigenvalue weighted by atomic mass is 9.88. The Bertz CT molecular complexity index is 888. The van der Waals surface area contributed by atoms with Crippen molar-refractivity contribution in [2.75, 3.05) is 17.7 Å². The first-order chi connectivity index (χ1) is 13.5. The zero-order valence-electron chi connectivity index (χ0n) is 16.0. The molecular formula is C19H24N4O3S2. The molecule has 2 aliphatic rings. The van der Waals surface area contributed by atoms with E-state index in [1.807, 2.05) is 0 Å². The lowest BCUT2D eigenvalue weighted by Crippen LogP contribution is -2.17. The molecule has 9 heteroatoms. The quantitative estimate of drug-likeness (QED) is 0.523. The van der Waals surface area contributed by atoms with Gasteiger partial charge in [0.15, 0.2) is 0 Å². The fourth-order valence-electron chi connectivity index (χ4n) is 3.41. The molecule has 1 atom stereocenters. The first-order valence-corrected chi connectivity index (χ1v) is 11.5. The maximum atomic E-state index is 12.5. The number of nitrogens with one attached hydrogen (secondary N) is 2. The van der Waals surface area contributed by atoms with Crippen molar-refractivity contribution in [2.24, 2.45) is 5.92 Å². The zero-order valence-corrected chi connectivity index (χ0v) is 17.7. The maximum Gasteiger partial charge on any atom is 0.341 e. The third kappa shape index (κ3) is 4.25. The van der Waals surface area contributed by atoms with Crippen molar-refractivity contribution in [1.29, 1.82) is 0 Å². The van der Waals surface area contributed by atoms with Gasteiger partial charge < -0.3 is 10.1 Å². The minimum absolute atomic E-state index is 0.167. The molecule has 0 aliphatic heterocycles. The van der Waals surface area contributed by atoms with Crippen molar-refractivity contribution in [1.82, 2.24) is 15.2 Å². The van der Waals surface area contributed by atoms with Gasteiger partial charge in [-0.15, -0.1) is 16.4 Å². The smallest absolute Gasteiger partial charge is 0.341 e. The van der Waals surface area contributed by atoms with Gasteiger partial charge in [-0.1, -0.05) is 18.7 Å². The highest BCUT2D eigenvalue weighted by atomic mass is 32.2. The number of hydrogen-bond donors (Lipinski definition) is 2. The second-order valence-corrected chi connectivity index (χ2v) is 9.44. The van der Waals surface area contributed by atoms with E-state index < -0.39 is 0 Å². The third-order valence-electron chi connectivity index (χ3n) is 5.02. The Labute approximate surface area is 172 Å². The Morgan fingerprint density at radius 1 is 1.36 bits per heavy atom. The molecule has 0 saturated heterocycles. The van der Waals surface area contributed by atoms with Gasteiger partial charge in [-0.3, -0.25) is 9.89 Å². The number of thioether (sulfide) groups is 1. The Morgan fingerprint density at radius 3 is 2.93 bits per heavy atom. The molecule has 2 N–H and O–H groups in total. The van der Waals surface area contributed by atoms with Crippen LogP contribution >= 0.6 is 23.1 Å². The molecule has 1 unspecified atom stereocenters. The second kappa shape index (κ2) is 8.24. The van der Waals surface area contributed by atoms with Crippen LogP contribution in [0.1, 0.15) is 65.7 Å². The van der Waals surface area contributed by atoms with Crippen LogP contribution in [0, 0.1) is 5.92 Å². The van der Waals surface area contributed by atoms with Crippen molar-refractivity contribution in [3.05, 3.63) is 21.8 Å². The Morgan fingerprint density at radius 2 is 2.18 bits per heavy atom. The summed E-state index contributed by atoms with van der Waals surface area (Å²) in [6.45, 7) is 4.33. The molecule has 0 radical (unpaired) electrons. The van der Waals surface area contributed by atoms with Crippen LogP contribution in [0.4, 0.5) is 5.00 Å². The number of carbonyl (C=O) groups is 2. The Balaban J connectivity index is 1.44. The molecule has 28 heavy (non-hydrogen) atoms. The second-order valence-electron chi connectivity index (χ2n) is 7.39. The summed E-state index contributed by atoms with van der Waals surface area (Å²) in [5, 5.41) is 11.2. The highest BCUT2D eigenvalue weighted by molar-refractivity contribution is 7.99. The normalized spacial score (nSPS) is 18.6. The van der Waals surface area contributed by atoms with Gasteiger partial charge in [0, 0.05) is 10.8 Å². The average Bonchev–Trinajstić information content (AvgIpc) is 3.29. The lowest BCUT2D eigenvalue weighted by Gasteiger charge is -2.18. The Kier molecular flexibility index (Phi) is 5.73. The van der Waals surface area contributed by atoms with E-state index in [-0.39, 0.29) is 17.6 Å². The predicted octanol–water partition coefficient (Wildman–Crippen LogP) is 3.78. The lowest BCUT2D eigenvalue weighted by molar-refractivity contribution is -0.113. The van der Waals surface area contributed by atoms with Crippen LogP contribution in [-0.4, -0.2) is 39.4 Å². The largest absolute Gasteiger partial charge is 0.462 e. The van der Waals surface area contributed by atoms with E-state index in [0.717, 1.165) is 43.5 Å². The van der Waals surface area contributed by atoms with E-state index in [1.165, 1.54) is 28.0 Å². The molecule has 7 nitrogen and oxygen atoms in total. The van der Waals surface area contributed by atoms with Crippen molar-refractivity contribution in [2.45, 2.75) is 57.0 Å². The molecule has 2 aliphatic carbocycles. The number of nitrogens with zero attached hydrogens (tertiary/aromatic N) is 2. The highest BCUT2D eigenvalue weighted by Crippen LogP contribution is 2.40. The van der Waals surface area contributed by atoms with Crippen molar-refractivity contribution < 1.29 is 14.3 Å². The van der Waals surface area contributed by atoms with Gasteiger partial charge in [-0.2, -0.15) is 0 Å². The van der Waals surface area contributed by atoms with Gasteiger partial charge >= 0.3 is 5.97 Å². The van der Waals surface area contributed by atoms with Crippen molar-refractivity contribution in [3.63, 3.8) is 0 Å². The number of thiophene rings is 1. The molecule has 2 aromatic heterocycles. The monoisotopic (exact) mass is 420 g/mol. The van der Waals surface area contributed by atoms with Crippen LogP contribution in [0.3, 0.4) is 0 Å². The average molecular weight is 421 g/mol. The molecule has 0 spiro atoms. The van der Waals surface area contributed by atoms with Crippen molar-refractivity contribution in [3.8, 4) is 0 Å². The molecule has 1 saturated carbocycles. The highest BCUT2D eigenvalue weighted by Gasteiger charge is 2.29. The molecule has 150 valence electrons. The molecule has 0 bridgehead atoms. The molecule has 4 rings (SSSR count). The van der Waals surface area contributed by atoms with Gasteiger partial charge in [-0.05, 0) is 50.5 Å². The van der Waals surface area contributed by atoms with Gasteiger partial charge in [0.25, 0.3) is 0 Å². The molecule has 0 aromatic carbocycles. The number of aromatic amines is 1. The predicted molar refractivity (Wildman–Crippen MR) is 109 cm³/mol. The number of amides is 1. The van der Waals surface area contributed by atoms with Crippen LogP contribution < -0.4 is 5.32 Å². The summed E-state index contributed by atoms with van der Waals surface area (Å²) in [4.78, 5) is 30.6. The molecule has 2 heterocycles. The fraction of sp³-hybridized carbons (Fsp3) is 0.579. The standard InChI is InChI=1S/C19H24N4O3S2/c1-3-26-18(25)15-12-7-4-10(2)8-13(12)28-17(15)20-14(24)9-27-19-21-16(22-23-19)11-5-6-11/h10-11H,3-9H2,1-2H3,(H,20,24)(H,21,22,23). The summed E-state index contributed by atoms with van der Waals surface area (Å²) in [6, 6.07) is 0. The number of rotatable bonds is 7. The van der Waals surface area contributed by atoms with E-state index in [4.69, 9.17) is 4.74 Å². The minimum atomic E-state index is -0.347. The Hall–Kier alpha value is -1.87. The minimum Gasteiger partial charge on any atom is -0.462 e. The van der Waals surface area contributed by atoms with Crippen LogP contribution in [-0.2, 0) is 22.4 Å². The summed E-state index contributed by atoms with van der Waals surface area (Å²) in [5.74, 6) is 1.69. The van der Waals surface area contributed by atoms with Crippen LogP contribution in [0.15, 0.2) is 5.16 Å². The van der Waals surface area contributed by atoms with E-state index in [9.17, 15) is 9.59 Å². The molecule has 2 aromatic rings. The summed E-state index contributed by atoms with van der Waals surface area (Å²) in [5.41, 5.74) is 1.59. The van der Waals surface area contributed by atoms with E-state index in [0.29, 0.717) is 34.2 Å². The topological polar surface area (TPSA) is 97.0 Å². The number of aromatic nitrogens is 3. The van der Waals surface area contributed by atoms with Gasteiger partial charge in [0.1, 0.15) is 10.8 Å². The number of fused-ring (bicyclic) bond motifs is 1. The number of ether oxygens (including phenoxy) is 1. The number of anilines is 1.